The lowest BCUT2D eigenvalue weighted by Gasteiger charge is -2.10. The van der Waals surface area contributed by atoms with E-state index >= 15 is 0 Å². The third-order valence-electron chi connectivity index (χ3n) is 2.43. The highest BCUT2D eigenvalue weighted by atomic mass is 79.9. The van der Waals surface area contributed by atoms with Gasteiger partial charge < -0.3 is 4.42 Å². The van der Waals surface area contributed by atoms with E-state index in [1.807, 2.05) is 24.3 Å². The van der Waals surface area contributed by atoms with Gasteiger partial charge in [-0.05, 0) is 18.1 Å². The van der Waals surface area contributed by atoms with E-state index in [9.17, 15) is 0 Å². The Labute approximate surface area is 97.8 Å². The number of para-hydroxylation sites is 2. The van der Waals surface area contributed by atoms with Gasteiger partial charge in [0.2, 0.25) is 0 Å². The van der Waals surface area contributed by atoms with Crippen LogP contribution in [0.4, 0.5) is 0 Å². The van der Waals surface area contributed by atoms with Crippen LogP contribution in [-0.4, -0.2) is 9.81 Å². The van der Waals surface area contributed by atoms with Gasteiger partial charge in [-0.25, -0.2) is 4.98 Å². The van der Waals surface area contributed by atoms with Crippen LogP contribution in [0.5, 0.6) is 0 Å². The molecule has 1 aromatic carbocycles. The SMILES string of the molecule is CC(C)C(Br)Cc1nc2ccccc2o1. The maximum Gasteiger partial charge on any atom is 0.196 e. The first-order valence-corrected chi connectivity index (χ1v) is 6.07. The maximum absolute atomic E-state index is 5.65. The van der Waals surface area contributed by atoms with Crippen molar-refractivity contribution in [1.82, 2.24) is 4.98 Å². The molecule has 1 heterocycles. The molecule has 0 fully saturated rings. The molecule has 0 N–H and O–H groups in total. The number of halogens is 1. The van der Waals surface area contributed by atoms with E-state index in [1.54, 1.807) is 0 Å². The summed E-state index contributed by atoms with van der Waals surface area (Å²) in [7, 11) is 0. The lowest BCUT2D eigenvalue weighted by molar-refractivity contribution is 0.496. The topological polar surface area (TPSA) is 26.0 Å². The van der Waals surface area contributed by atoms with E-state index in [0.717, 1.165) is 23.4 Å². The van der Waals surface area contributed by atoms with Gasteiger partial charge in [0.1, 0.15) is 5.52 Å². The molecule has 0 saturated carbocycles. The Hall–Kier alpha value is -0.830. The zero-order valence-corrected chi connectivity index (χ0v) is 10.5. The summed E-state index contributed by atoms with van der Waals surface area (Å²) >= 11 is 3.64. The van der Waals surface area contributed by atoms with Gasteiger partial charge in [-0.15, -0.1) is 0 Å². The molecule has 2 rings (SSSR count). The van der Waals surface area contributed by atoms with Gasteiger partial charge in [0, 0.05) is 11.2 Å². The second kappa shape index (κ2) is 4.35. The van der Waals surface area contributed by atoms with E-state index in [0.29, 0.717) is 10.7 Å². The molecule has 15 heavy (non-hydrogen) atoms. The van der Waals surface area contributed by atoms with Crippen molar-refractivity contribution in [1.29, 1.82) is 0 Å². The molecular weight excluding hydrogens is 254 g/mol. The normalized spacial score (nSPS) is 13.6. The smallest absolute Gasteiger partial charge is 0.196 e. The number of hydrogen-bond acceptors (Lipinski definition) is 2. The summed E-state index contributed by atoms with van der Waals surface area (Å²) < 4.78 is 5.65. The molecule has 2 nitrogen and oxygen atoms in total. The molecule has 1 atom stereocenters. The van der Waals surface area contributed by atoms with Crippen molar-refractivity contribution >= 4 is 27.0 Å². The molecule has 0 aliphatic carbocycles. The highest BCUT2D eigenvalue weighted by molar-refractivity contribution is 9.09. The Kier molecular flexibility index (Phi) is 3.10. The maximum atomic E-state index is 5.65. The fourth-order valence-electron chi connectivity index (χ4n) is 1.41. The molecule has 0 aliphatic heterocycles. The predicted octanol–water partition coefficient (Wildman–Crippen LogP) is 3.79. The lowest BCUT2D eigenvalue weighted by Crippen LogP contribution is -2.10. The Morgan fingerprint density at radius 1 is 1.33 bits per heavy atom. The standard InChI is InChI=1S/C12H14BrNO/c1-8(2)9(13)7-12-14-10-5-3-4-6-11(10)15-12/h3-6,8-9H,7H2,1-2H3. The van der Waals surface area contributed by atoms with Gasteiger partial charge in [0.25, 0.3) is 0 Å². The van der Waals surface area contributed by atoms with Crippen molar-refractivity contribution in [2.24, 2.45) is 5.92 Å². The van der Waals surface area contributed by atoms with E-state index in [-0.39, 0.29) is 0 Å². The molecule has 0 saturated heterocycles. The number of nitrogens with zero attached hydrogens (tertiary/aromatic N) is 1. The van der Waals surface area contributed by atoms with Gasteiger partial charge in [-0.2, -0.15) is 0 Å². The molecule has 3 heteroatoms. The van der Waals surface area contributed by atoms with Crippen LogP contribution in [0.15, 0.2) is 28.7 Å². The van der Waals surface area contributed by atoms with Crippen LogP contribution >= 0.6 is 15.9 Å². The first-order valence-electron chi connectivity index (χ1n) is 5.15. The minimum atomic E-state index is 0.422. The van der Waals surface area contributed by atoms with Crippen molar-refractivity contribution < 1.29 is 4.42 Å². The van der Waals surface area contributed by atoms with Gasteiger partial charge in [0.05, 0.1) is 0 Å². The molecule has 2 aromatic rings. The van der Waals surface area contributed by atoms with Crippen LogP contribution in [0, 0.1) is 5.92 Å². The molecular formula is C12H14BrNO. The Morgan fingerprint density at radius 2 is 2.07 bits per heavy atom. The number of oxazole rings is 1. The van der Waals surface area contributed by atoms with Crippen LogP contribution in [0.3, 0.4) is 0 Å². The highest BCUT2D eigenvalue weighted by Crippen LogP contribution is 2.20. The first kappa shape index (κ1) is 10.7. The summed E-state index contributed by atoms with van der Waals surface area (Å²) in [5.41, 5.74) is 1.81. The Bertz CT molecular complexity index is 417. The van der Waals surface area contributed by atoms with Gasteiger partial charge in [-0.3, -0.25) is 0 Å². The summed E-state index contributed by atoms with van der Waals surface area (Å²) in [4.78, 5) is 4.86. The third-order valence-corrected chi connectivity index (χ3v) is 3.81. The summed E-state index contributed by atoms with van der Waals surface area (Å²) in [6.07, 6.45) is 0.840. The second-order valence-corrected chi connectivity index (χ2v) is 5.22. The number of benzene rings is 1. The molecule has 1 aromatic heterocycles. The Balaban J connectivity index is 2.22. The van der Waals surface area contributed by atoms with Crippen LogP contribution in [-0.2, 0) is 6.42 Å². The zero-order valence-electron chi connectivity index (χ0n) is 8.90. The molecule has 0 spiro atoms. The Morgan fingerprint density at radius 3 is 2.73 bits per heavy atom. The fraction of sp³-hybridized carbons (Fsp3) is 0.417. The van der Waals surface area contributed by atoms with Gasteiger partial charge in [0.15, 0.2) is 11.5 Å². The van der Waals surface area contributed by atoms with Crippen LogP contribution < -0.4 is 0 Å². The molecule has 0 radical (unpaired) electrons. The molecule has 0 amide bonds. The summed E-state index contributed by atoms with van der Waals surface area (Å²) in [5, 5.41) is 0. The van der Waals surface area contributed by atoms with Crippen molar-refractivity contribution in [3.8, 4) is 0 Å². The molecule has 0 bridgehead atoms. The number of fused-ring (bicyclic) bond motifs is 1. The number of aromatic nitrogens is 1. The minimum Gasteiger partial charge on any atom is -0.441 e. The van der Waals surface area contributed by atoms with Gasteiger partial charge in [-0.1, -0.05) is 41.9 Å². The number of rotatable bonds is 3. The van der Waals surface area contributed by atoms with Crippen molar-refractivity contribution in [3.63, 3.8) is 0 Å². The molecule has 1 unspecified atom stereocenters. The summed E-state index contributed by atoms with van der Waals surface area (Å²) in [6.45, 7) is 4.37. The van der Waals surface area contributed by atoms with Crippen LogP contribution in [0.25, 0.3) is 11.1 Å². The number of hydrogen-bond donors (Lipinski definition) is 0. The molecule has 80 valence electrons. The van der Waals surface area contributed by atoms with Crippen molar-refractivity contribution in [3.05, 3.63) is 30.2 Å². The quantitative estimate of drug-likeness (QED) is 0.791. The van der Waals surface area contributed by atoms with Crippen LogP contribution in [0.1, 0.15) is 19.7 Å². The summed E-state index contributed by atoms with van der Waals surface area (Å²) in [6, 6.07) is 7.86. The monoisotopic (exact) mass is 267 g/mol. The first-order chi connectivity index (χ1) is 7.16. The van der Waals surface area contributed by atoms with Crippen molar-refractivity contribution in [2.45, 2.75) is 25.1 Å². The molecule has 0 aliphatic rings. The largest absolute Gasteiger partial charge is 0.441 e. The number of alkyl halides is 1. The van der Waals surface area contributed by atoms with Crippen LogP contribution in [0.2, 0.25) is 0 Å². The lowest BCUT2D eigenvalue weighted by atomic mass is 10.1. The van der Waals surface area contributed by atoms with Gasteiger partial charge >= 0.3 is 0 Å². The van der Waals surface area contributed by atoms with E-state index in [1.165, 1.54) is 0 Å². The average Bonchev–Trinajstić information content (AvgIpc) is 2.59. The average molecular weight is 268 g/mol. The third kappa shape index (κ3) is 2.40. The van der Waals surface area contributed by atoms with E-state index in [4.69, 9.17) is 4.42 Å². The van der Waals surface area contributed by atoms with Crippen molar-refractivity contribution in [2.75, 3.05) is 0 Å². The zero-order chi connectivity index (χ0) is 10.8. The van der Waals surface area contributed by atoms with E-state index in [2.05, 4.69) is 34.8 Å². The summed E-state index contributed by atoms with van der Waals surface area (Å²) in [5.74, 6) is 1.40. The minimum absolute atomic E-state index is 0.422. The second-order valence-electron chi connectivity index (χ2n) is 4.04. The highest BCUT2D eigenvalue weighted by Gasteiger charge is 2.14. The predicted molar refractivity (Wildman–Crippen MR) is 65.3 cm³/mol. The fourth-order valence-corrected chi connectivity index (χ4v) is 1.69. The van der Waals surface area contributed by atoms with E-state index < -0.39 is 0 Å².